The first-order valence-corrected chi connectivity index (χ1v) is 6.69. The van der Waals surface area contributed by atoms with Gasteiger partial charge in [-0.1, -0.05) is 11.6 Å². The van der Waals surface area contributed by atoms with Crippen molar-refractivity contribution in [3.8, 4) is 5.75 Å². The lowest BCUT2D eigenvalue weighted by atomic mass is 10.2. The third-order valence-corrected chi connectivity index (χ3v) is 3.19. The molecule has 23 heavy (non-hydrogen) atoms. The Morgan fingerprint density at radius 2 is 2.13 bits per heavy atom. The molecule has 9 nitrogen and oxygen atoms in total. The van der Waals surface area contributed by atoms with Crippen molar-refractivity contribution < 1.29 is 9.66 Å². The second kappa shape index (κ2) is 5.97. The average molecular weight is 333 g/mol. The summed E-state index contributed by atoms with van der Waals surface area (Å²) in [5, 5.41) is 14.7. The Balaban J connectivity index is 2.13. The Bertz CT molecular complexity index is 904. The highest BCUT2D eigenvalue weighted by Crippen LogP contribution is 2.33. The van der Waals surface area contributed by atoms with Crippen molar-refractivity contribution in [3.63, 3.8) is 0 Å². The number of aromatic nitrogens is 4. The number of fused-ring (bicyclic) bond motifs is 1. The lowest BCUT2D eigenvalue weighted by Crippen LogP contribution is -2.01. The second-order valence-corrected chi connectivity index (χ2v) is 4.74. The molecule has 10 heteroatoms. The summed E-state index contributed by atoms with van der Waals surface area (Å²) in [6.45, 7) is 0. The fraction of sp³-hybridized carbons (Fsp3) is 0.0769. The van der Waals surface area contributed by atoms with E-state index in [9.17, 15) is 10.1 Å². The second-order valence-electron chi connectivity index (χ2n) is 4.35. The molecule has 0 amide bonds. The Hall–Kier alpha value is -3.07. The first-order chi connectivity index (χ1) is 11.1. The van der Waals surface area contributed by atoms with Crippen LogP contribution in [0.3, 0.4) is 0 Å². The number of benzene rings is 1. The lowest BCUT2D eigenvalue weighted by Gasteiger charge is -2.08. The number of rotatable bonds is 4. The number of methoxy groups -OCH3 is 1. The molecule has 0 bridgehead atoms. The minimum absolute atomic E-state index is 0.117. The number of nitro groups is 1. The van der Waals surface area contributed by atoms with Gasteiger partial charge in [0.05, 0.1) is 22.9 Å². The summed E-state index contributed by atoms with van der Waals surface area (Å²) < 4.78 is 5.02. The number of nitrogens with zero attached hydrogens (tertiary/aromatic N) is 5. The highest BCUT2D eigenvalue weighted by Gasteiger charge is 2.18. The number of nitrogens with one attached hydrogen (secondary N) is 1. The van der Waals surface area contributed by atoms with Gasteiger partial charge in [-0.2, -0.15) is 0 Å². The molecule has 116 valence electrons. The molecule has 3 rings (SSSR count). The average Bonchev–Trinajstić information content (AvgIpc) is 2.54. The van der Waals surface area contributed by atoms with Crippen LogP contribution in [-0.4, -0.2) is 32.0 Å². The quantitative estimate of drug-likeness (QED) is 0.440. The fourth-order valence-electron chi connectivity index (χ4n) is 1.98. The van der Waals surface area contributed by atoms with Crippen LogP contribution in [0.5, 0.6) is 5.75 Å². The van der Waals surface area contributed by atoms with Gasteiger partial charge in [-0.05, 0) is 6.07 Å². The van der Waals surface area contributed by atoms with Crippen LogP contribution in [0, 0.1) is 10.1 Å². The van der Waals surface area contributed by atoms with E-state index in [4.69, 9.17) is 16.3 Å². The standard InChI is InChI=1S/C13H9ClN6O3/c1-23-10-5-8-7(4-9(10)20(21)22)12(17-6-16-8)19-13-15-3-2-11(14)18-13/h2-6H,1H3,(H,15,16,17,18,19). The molecule has 2 aromatic heterocycles. The minimum Gasteiger partial charge on any atom is -0.490 e. The summed E-state index contributed by atoms with van der Waals surface area (Å²) in [4.78, 5) is 26.8. The summed E-state index contributed by atoms with van der Waals surface area (Å²) in [5.41, 5.74) is 0.289. The van der Waals surface area contributed by atoms with Gasteiger partial charge < -0.3 is 10.1 Å². The van der Waals surface area contributed by atoms with E-state index in [-0.39, 0.29) is 22.5 Å². The van der Waals surface area contributed by atoms with Crippen molar-refractivity contribution in [2.75, 3.05) is 12.4 Å². The first kappa shape index (κ1) is 14.9. The molecule has 0 aliphatic rings. The highest BCUT2D eigenvalue weighted by molar-refractivity contribution is 6.29. The number of anilines is 2. The van der Waals surface area contributed by atoms with E-state index in [1.807, 2.05) is 0 Å². The van der Waals surface area contributed by atoms with Crippen LogP contribution in [0.4, 0.5) is 17.5 Å². The summed E-state index contributed by atoms with van der Waals surface area (Å²) in [7, 11) is 1.36. The van der Waals surface area contributed by atoms with Crippen LogP contribution < -0.4 is 10.1 Å². The third-order valence-electron chi connectivity index (χ3n) is 2.98. The molecule has 0 atom stereocenters. The van der Waals surface area contributed by atoms with Crippen molar-refractivity contribution in [1.29, 1.82) is 0 Å². The Morgan fingerprint density at radius 3 is 2.83 bits per heavy atom. The predicted octanol–water partition coefficient (Wildman–Crippen LogP) is 2.73. The number of halogens is 1. The minimum atomic E-state index is -0.537. The molecular formula is C13H9ClN6O3. The largest absolute Gasteiger partial charge is 0.490 e. The Labute approximate surface area is 134 Å². The molecule has 2 heterocycles. The zero-order valence-electron chi connectivity index (χ0n) is 11.7. The molecule has 0 aliphatic carbocycles. The summed E-state index contributed by atoms with van der Waals surface area (Å²) in [6, 6.07) is 4.33. The summed E-state index contributed by atoms with van der Waals surface area (Å²) in [6.07, 6.45) is 2.80. The van der Waals surface area contributed by atoms with Crippen LogP contribution >= 0.6 is 11.6 Å². The van der Waals surface area contributed by atoms with E-state index >= 15 is 0 Å². The fourth-order valence-corrected chi connectivity index (χ4v) is 2.12. The number of hydrogen-bond donors (Lipinski definition) is 1. The number of ether oxygens (including phenoxy) is 1. The topological polar surface area (TPSA) is 116 Å². The molecular weight excluding hydrogens is 324 g/mol. The maximum absolute atomic E-state index is 11.2. The number of nitro benzene ring substituents is 1. The smallest absolute Gasteiger partial charge is 0.311 e. The van der Waals surface area contributed by atoms with Crippen molar-refractivity contribution in [3.05, 3.63) is 46.0 Å². The van der Waals surface area contributed by atoms with Gasteiger partial charge in [0.25, 0.3) is 0 Å². The number of hydrogen-bond acceptors (Lipinski definition) is 8. The SMILES string of the molecule is COc1cc2ncnc(Nc3nccc(Cl)n3)c2cc1[N+](=O)[O-]. The molecule has 1 N–H and O–H groups in total. The van der Waals surface area contributed by atoms with Crippen LogP contribution in [0.15, 0.2) is 30.7 Å². The van der Waals surface area contributed by atoms with E-state index in [2.05, 4.69) is 25.3 Å². The Morgan fingerprint density at radius 1 is 1.30 bits per heavy atom. The van der Waals surface area contributed by atoms with Crippen molar-refractivity contribution in [2.45, 2.75) is 0 Å². The maximum atomic E-state index is 11.2. The van der Waals surface area contributed by atoms with Gasteiger partial charge in [0.1, 0.15) is 17.3 Å². The molecule has 0 radical (unpaired) electrons. The van der Waals surface area contributed by atoms with Crippen LogP contribution in [0.25, 0.3) is 10.9 Å². The molecule has 3 aromatic rings. The van der Waals surface area contributed by atoms with Gasteiger partial charge in [0, 0.05) is 18.3 Å². The Kier molecular flexibility index (Phi) is 3.85. The van der Waals surface area contributed by atoms with Crippen molar-refractivity contribution >= 4 is 40.0 Å². The van der Waals surface area contributed by atoms with Gasteiger partial charge in [0.2, 0.25) is 5.95 Å². The van der Waals surface area contributed by atoms with Crippen molar-refractivity contribution in [1.82, 2.24) is 19.9 Å². The zero-order chi connectivity index (χ0) is 16.4. The molecule has 0 saturated carbocycles. The monoisotopic (exact) mass is 332 g/mol. The first-order valence-electron chi connectivity index (χ1n) is 6.31. The van der Waals surface area contributed by atoms with Gasteiger partial charge in [-0.25, -0.2) is 19.9 Å². The highest BCUT2D eigenvalue weighted by atomic mass is 35.5. The van der Waals surface area contributed by atoms with Gasteiger partial charge in [-0.15, -0.1) is 0 Å². The van der Waals surface area contributed by atoms with Crippen LogP contribution in [0.1, 0.15) is 0 Å². The normalized spacial score (nSPS) is 10.5. The summed E-state index contributed by atoms with van der Waals surface area (Å²) in [5.74, 6) is 0.658. The van der Waals surface area contributed by atoms with Crippen LogP contribution in [0.2, 0.25) is 5.15 Å². The van der Waals surface area contributed by atoms with E-state index < -0.39 is 4.92 Å². The molecule has 0 spiro atoms. The molecule has 0 fully saturated rings. The van der Waals surface area contributed by atoms with E-state index in [0.29, 0.717) is 16.7 Å². The lowest BCUT2D eigenvalue weighted by molar-refractivity contribution is -0.385. The summed E-state index contributed by atoms with van der Waals surface area (Å²) >= 11 is 5.81. The van der Waals surface area contributed by atoms with Gasteiger partial charge in [0.15, 0.2) is 5.75 Å². The zero-order valence-corrected chi connectivity index (χ0v) is 12.5. The van der Waals surface area contributed by atoms with Gasteiger partial charge in [-0.3, -0.25) is 10.1 Å². The molecule has 1 aromatic carbocycles. The molecule has 0 saturated heterocycles. The van der Waals surface area contributed by atoms with E-state index in [0.717, 1.165) is 0 Å². The van der Waals surface area contributed by atoms with Crippen LogP contribution in [-0.2, 0) is 0 Å². The van der Waals surface area contributed by atoms with Crippen molar-refractivity contribution in [2.24, 2.45) is 0 Å². The van der Waals surface area contributed by atoms with E-state index in [1.165, 1.54) is 37.8 Å². The maximum Gasteiger partial charge on any atom is 0.311 e. The molecule has 0 aliphatic heterocycles. The van der Waals surface area contributed by atoms with E-state index in [1.54, 1.807) is 0 Å². The van der Waals surface area contributed by atoms with Gasteiger partial charge >= 0.3 is 5.69 Å². The predicted molar refractivity (Wildman–Crippen MR) is 83.1 cm³/mol. The third kappa shape index (κ3) is 2.94. The molecule has 0 unspecified atom stereocenters.